The number of benzene rings is 3. The van der Waals surface area contributed by atoms with E-state index in [0.717, 1.165) is 28.1 Å². The van der Waals surface area contributed by atoms with Gasteiger partial charge >= 0.3 is 0 Å². The molecule has 36 heavy (non-hydrogen) atoms. The van der Waals surface area contributed by atoms with E-state index in [-0.39, 0.29) is 5.91 Å². The smallest absolute Gasteiger partial charge is 0.230 e. The predicted molar refractivity (Wildman–Crippen MR) is 140 cm³/mol. The minimum Gasteiger partial charge on any atom is -0.497 e. The summed E-state index contributed by atoms with van der Waals surface area (Å²) in [7, 11) is 1.64. The second kappa shape index (κ2) is 9.95. The standard InChI is InChI=1S/C28H26ClN5O2/c1-4-30-28(35)24(18-8-6-5-7-9-18)26-27-33-32-17(2)34(27)23-15-14-21(36-3)16-22(23)25(31-26)19-10-12-20(29)13-11-19/h5-16,24,26H,4H2,1-3H3,(H,30,35)/t24?,26-/m0/s1. The van der Waals surface area contributed by atoms with E-state index in [4.69, 9.17) is 21.3 Å². The van der Waals surface area contributed by atoms with Gasteiger partial charge in [-0.15, -0.1) is 10.2 Å². The van der Waals surface area contributed by atoms with E-state index in [0.29, 0.717) is 29.0 Å². The molecule has 5 rings (SSSR count). The molecule has 182 valence electrons. The number of likely N-dealkylation sites (N-methyl/N-ethyl adjacent to an activating group) is 1. The minimum atomic E-state index is -0.635. The highest BCUT2D eigenvalue weighted by Crippen LogP contribution is 2.40. The van der Waals surface area contributed by atoms with Gasteiger partial charge < -0.3 is 10.1 Å². The largest absolute Gasteiger partial charge is 0.497 e. The van der Waals surface area contributed by atoms with Crippen molar-refractivity contribution >= 4 is 23.2 Å². The van der Waals surface area contributed by atoms with E-state index in [9.17, 15) is 4.79 Å². The number of methoxy groups -OCH3 is 1. The number of hydrogen-bond donors (Lipinski definition) is 1. The Morgan fingerprint density at radius 3 is 2.53 bits per heavy atom. The summed E-state index contributed by atoms with van der Waals surface area (Å²) < 4.78 is 7.54. The zero-order valence-corrected chi connectivity index (χ0v) is 21.0. The van der Waals surface area contributed by atoms with Crippen molar-refractivity contribution in [3.63, 3.8) is 0 Å². The van der Waals surface area contributed by atoms with Crippen LogP contribution in [0.15, 0.2) is 77.8 Å². The average molecular weight is 500 g/mol. The second-order valence-corrected chi connectivity index (χ2v) is 8.97. The van der Waals surface area contributed by atoms with Gasteiger partial charge in [-0.25, -0.2) is 0 Å². The van der Waals surface area contributed by atoms with E-state index < -0.39 is 12.0 Å². The van der Waals surface area contributed by atoms with E-state index in [1.165, 1.54) is 0 Å². The number of nitrogens with one attached hydrogen (secondary N) is 1. The van der Waals surface area contributed by atoms with Crippen LogP contribution in [0.1, 0.15) is 47.2 Å². The molecule has 1 aromatic heterocycles. The Kier molecular flexibility index (Phi) is 6.57. The number of hydrogen-bond acceptors (Lipinski definition) is 5. The van der Waals surface area contributed by atoms with Gasteiger partial charge in [-0.2, -0.15) is 0 Å². The minimum absolute atomic E-state index is 0.122. The van der Waals surface area contributed by atoms with Crippen LogP contribution < -0.4 is 10.1 Å². The number of aryl methyl sites for hydroxylation is 1. The molecule has 3 aromatic carbocycles. The zero-order chi connectivity index (χ0) is 25.2. The summed E-state index contributed by atoms with van der Waals surface area (Å²) in [6, 6.07) is 22.4. The number of halogens is 1. The number of aliphatic imine (C=N–C) groups is 1. The number of fused-ring (bicyclic) bond motifs is 3. The summed E-state index contributed by atoms with van der Waals surface area (Å²) in [4.78, 5) is 18.8. The molecule has 0 bridgehead atoms. The van der Waals surface area contributed by atoms with Crippen LogP contribution in [-0.2, 0) is 4.79 Å². The lowest BCUT2D eigenvalue weighted by atomic mass is 9.89. The fourth-order valence-corrected chi connectivity index (χ4v) is 4.77. The molecule has 1 N–H and O–H groups in total. The van der Waals surface area contributed by atoms with Crippen LogP contribution in [0.2, 0.25) is 5.02 Å². The monoisotopic (exact) mass is 499 g/mol. The quantitative estimate of drug-likeness (QED) is 0.402. The molecule has 0 spiro atoms. The number of carbonyl (C=O) groups is 1. The Balaban J connectivity index is 1.82. The first-order valence-electron chi connectivity index (χ1n) is 11.8. The van der Waals surface area contributed by atoms with Crippen LogP contribution in [0, 0.1) is 6.92 Å². The SMILES string of the molecule is CCNC(=O)C(c1ccccc1)[C@@H]1N=C(c2ccc(Cl)cc2)c2cc(OC)ccc2-n2c(C)nnc21. The van der Waals surface area contributed by atoms with Crippen LogP contribution in [0.25, 0.3) is 5.69 Å². The molecule has 0 saturated carbocycles. The third kappa shape index (κ3) is 4.27. The molecule has 0 fully saturated rings. The molecule has 2 atom stereocenters. The third-order valence-corrected chi connectivity index (χ3v) is 6.56. The van der Waals surface area contributed by atoms with Gasteiger partial charge in [-0.05, 0) is 49.7 Å². The Hall–Kier alpha value is -3.97. The lowest BCUT2D eigenvalue weighted by Crippen LogP contribution is -2.33. The van der Waals surface area contributed by atoms with Crippen LogP contribution in [0.5, 0.6) is 5.75 Å². The zero-order valence-electron chi connectivity index (χ0n) is 20.3. The van der Waals surface area contributed by atoms with Gasteiger partial charge in [0.15, 0.2) is 5.82 Å². The molecule has 4 aromatic rings. The molecule has 0 aliphatic carbocycles. The summed E-state index contributed by atoms with van der Waals surface area (Å²) in [6.07, 6.45) is 0. The highest BCUT2D eigenvalue weighted by Gasteiger charge is 2.38. The molecule has 1 aliphatic rings. The molecule has 2 heterocycles. The molecule has 8 heteroatoms. The predicted octanol–water partition coefficient (Wildman–Crippen LogP) is 5.05. The highest BCUT2D eigenvalue weighted by molar-refractivity contribution is 6.30. The van der Waals surface area contributed by atoms with E-state index in [1.54, 1.807) is 7.11 Å². The van der Waals surface area contributed by atoms with Gasteiger partial charge in [-0.3, -0.25) is 14.4 Å². The first-order chi connectivity index (χ1) is 17.5. The lowest BCUT2D eigenvalue weighted by molar-refractivity contribution is -0.123. The summed E-state index contributed by atoms with van der Waals surface area (Å²) in [5.74, 6) is 1.26. The molecule has 0 radical (unpaired) electrons. The van der Waals surface area contributed by atoms with E-state index >= 15 is 0 Å². The van der Waals surface area contributed by atoms with Crippen molar-refractivity contribution in [2.24, 2.45) is 4.99 Å². The third-order valence-electron chi connectivity index (χ3n) is 6.31. The second-order valence-electron chi connectivity index (χ2n) is 8.54. The number of amides is 1. The molecule has 0 saturated heterocycles. The van der Waals surface area contributed by atoms with Crippen LogP contribution in [0.4, 0.5) is 0 Å². The van der Waals surface area contributed by atoms with Crippen molar-refractivity contribution in [1.82, 2.24) is 20.1 Å². The van der Waals surface area contributed by atoms with Crippen molar-refractivity contribution in [3.8, 4) is 11.4 Å². The molecular weight excluding hydrogens is 474 g/mol. The topological polar surface area (TPSA) is 81.4 Å². The summed E-state index contributed by atoms with van der Waals surface area (Å²) in [5.41, 5.74) is 4.17. The van der Waals surface area contributed by atoms with Crippen molar-refractivity contribution < 1.29 is 9.53 Å². The first-order valence-corrected chi connectivity index (χ1v) is 12.2. The lowest BCUT2D eigenvalue weighted by Gasteiger charge is -2.23. The fraction of sp³-hybridized carbons (Fsp3) is 0.214. The highest BCUT2D eigenvalue weighted by atomic mass is 35.5. The normalized spacial score (nSPS) is 15.2. The van der Waals surface area contributed by atoms with Gasteiger partial charge in [0.25, 0.3) is 0 Å². The van der Waals surface area contributed by atoms with Crippen molar-refractivity contribution in [3.05, 3.63) is 106 Å². The van der Waals surface area contributed by atoms with Gasteiger partial charge in [0.1, 0.15) is 17.6 Å². The van der Waals surface area contributed by atoms with Crippen molar-refractivity contribution in [2.45, 2.75) is 25.8 Å². The van der Waals surface area contributed by atoms with Gasteiger partial charge in [0.05, 0.1) is 24.4 Å². The van der Waals surface area contributed by atoms with Crippen LogP contribution in [-0.4, -0.2) is 40.0 Å². The first kappa shape index (κ1) is 23.8. The molecular formula is C28H26ClN5O2. The number of ether oxygens (including phenoxy) is 1. The maximum absolute atomic E-state index is 13.6. The molecule has 1 unspecified atom stereocenters. The maximum atomic E-state index is 13.6. The fourth-order valence-electron chi connectivity index (χ4n) is 4.64. The number of carbonyl (C=O) groups excluding carboxylic acids is 1. The average Bonchev–Trinajstić information content (AvgIpc) is 3.21. The van der Waals surface area contributed by atoms with Gasteiger partial charge in [0, 0.05) is 22.7 Å². The molecule has 1 amide bonds. The maximum Gasteiger partial charge on any atom is 0.230 e. The Morgan fingerprint density at radius 2 is 1.83 bits per heavy atom. The van der Waals surface area contributed by atoms with Crippen LogP contribution in [0.3, 0.4) is 0 Å². The van der Waals surface area contributed by atoms with Crippen molar-refractivity contribution in [1.29, 1.82) is 0 Å². The van der Waals surface area contributed by atoms with E-state index in [1.807, 2.05) is 91.2 Å². The Labute approximate surface area is 214 Å². The van der Waals surface area contributed by atoms with Crippen LogP contribution >= 0.6 is 11.6 Å². The van der Waals surface area contributed by atoms with Crippen molar-refractivity contribution in [2.75, 3.05) is 13.7 Å². The molecule has 7 nitrogen and oxygen atoms in total. The summed E-state index contributed by atoms with van der Waals surface area (Å²) in [5, 5.41) is 12.6. The van der Waals surface area contributed by atoms with Gasteiger partial charge in [-0.1, -0.05) is 54.1 Å². The number of aromatic nitrogens is 3. The molecule has 1 aliphatic heterocycles. The van der Waals surface area contributed by atoms with Gasteiger partial charge in [0.2, 0.25) is 5.91 Å². The Morgan fingerprint density at radius 1 is 1.08 bits per heavy atom. The number of nitrogens with zero attached hydrogens (tertiary/aromatic N) is 4. The number of rotatable bonds is 6. The summed E-state index contributed by atoms with van der Waals surface area (Å²) >= 11 is 6.21. The summed E-state index contributed by atoms with van der Waals surface area (Å²) in [6.45, 7) is 4.31. The Bertz CT molecular complexity index is 1430. The van der Waals surface area contributed by atoms with E-state index in [2.05, 4.69) is 15.5 Å².